The number of hydrogen-bond acceptors (Lipinski definition) is 3. The van der Waals surface area contributed by atoms with Gasteiger partial charge in [-0.05, 0) is 43.4 Å². The van der Waals surface area contributed by atoms with Gasteiger partial charge < -0.3 is 15.4 Å². The second kappa shape index (κ2) is 6.60. The largest absolute Gasteiger partial charge is 0.381 e. The van der Waals surface area contributed by atoms with Crippen LogP contribution in [-0.4, -0.2) is 26.8 Å². The lowest BCUT2D eigenvalue weighted by molar-refractivity contribution is 0.0685. The molecule has 0 radical (unpaired) electrons. The van der Waals surface area contributed by atoms with E-state index in [0.29, 0.717) is 5.92 Å². The molecule has 0 bridgehead atoms. The van der Waals surface area contributed by atoms with E-state index in [1.54, 1.807) is 0 Å². The van der Waals surface area contributed by atoms with Crippen molar-refractivity contribution < 1.29 is 4.74 Å². The fraction of sp³-hybridized carbons (Fsp3) is 0.600. The molecule has 4 heteroatoms. The van der Waals surface area contributed by atoms with E-state index in [2.05, 4.69) is 24.1 Å². The SMILES string of the molecule is CC(N)c1ccc(N(C)CC2CCOCC2)c(Cl)c1. The van der Waals surface area contributed by atoms with E-state index in [9.17, 15) is 0 Å². The minimum Gasteiger partial charge on any atom is -0.381 e. The van der Waals surface area contributed by atoms with Crippen LogP contribution >= 0.6 is 11.6 Å². The van der Waals surface area contributed by atoms with E-state index in [0.717, 1.165) is 48.9 Å². The molecule has 0 amide bonds. The highest BCUT2D eigenvalue weighted by atomic mass is 35.5. The molecule has 0 aromatic heterocycles. The zero-order chi connectivity index (χ0) is 13.8. The van der Waals surface area contributed by atoms with Crippen LogP contribution in [0.4, 0.5) is 5.69 Å². The number of nitrogens with two attached hydrogens (primary N) is 1. The lowest BCUT2D eigenvalue weighted by Gasteiger charge is -2.29. The number of anilines is 1. The maximum atomic E-state index is 6.36. The highest BCUT2D eigenvalue weighted by molar-refractivity contribution is 6.33. The number of ether oxygens (including phenoxy) is 1. The Bertz CT molecular complexity index is 417. The second-order valence-electron chi connectivity index (χ2n) is 5.44. The molecule has 19 heavy (non-hydrogen) atoms. The highest BCUT2D eigenvalue weighted by Gasteiger charge is 2.17. The van der Waals surface area contributed by atoms with E-state index in [4.69, 9.17) is 22.1 Å². The molecule has 3 nitrogen and oxygen atoms in total. The number of nitrogens with zero attached hydrogens (tertiary/aromatic N) is 1. The van der Waals surface area contributed by atoms with Crippen molar-refractivity contribution in [2.24, 2.45) is 11.7 Å². The molecule has 0 saturated carbocycles. The van der Waals surface area contributed by atoms with Gasteiger partial charge in [-0.15, -0.1) is 0 Å². The number of rotatable bonds is 4. The topological polar surface area (TPSA) is 38.5 Å². The van der Waals surface area contributed by atoms with Crippen molar-refractivity contribution in [3.63, 3.8) is 0 Å². The summed E-state index contributed by atoms with van der Waals surface area (Å²) in [6, 6.07) is 6.13. The molecule has 2 N–H and O–H groups in total. The maximum absolute atomic E-state index is 6.36. The summed E-state index contributed by atoms with van der Waals surface area (Å²) in [6.45, 7) is 4.77. The zero-order valence-corrected chi connectivity index (χ0v) is 12.5. The summed E-state index contributed by atoms with van der Waals surface area (Å²) in [4.78, 5) is 2.24. The molecule has 1 aromatic rings. The molecule has 1 heterocycles. The fourth-order valence-electron chi connectivity index (χ4n) is 2.53. The molecule has 0 aliphatic carbocycles. The van der Waals surface area contributed by atoms with Crippen LogP contribution in [0.3, 0.4) is 0 Å². The fourth-order valence-corrected chi connectivity index (χ4v) is 2.86. The van der Waals surface area contributed by atoms with Gasteiger partial charge in [0.1, 0.15) is 0 Å². The molecule has 1 aliphatic heterocycles. The van der Waals surface area contributed by atoms with Crippen LogP contribution in [0.1, 0.15) is 31.4 Å². The Morgan fingerprint density at radius 3 is 2.68 bits per heavy atom. The Balaban J connectivity index is 2.03. The van der Waals surface area contributed by atoms with E-state index in [-0.39, 0.29) is 6.04 Å². The Kier molecular flexibility index (Phi) is 5.08. The molecule has 106 valence electrons. The van der Waals surface area contributed by atoms with Crippen LogP contribution < -0.4 is 10.6 Å². The molecule has 1 aromatic carbocycles. The molecular formula is C15H23ClN2O. The second-order valence-corrected chi connectivity index (χ2v) is 5.84. The van der Waals surface area contributed by atoms with Gasteiger partial charge in [0.15, 0.2) is 0 Å². The van der Waals surface area contributed by atoms with Crippen LogP contribution in [-0.2, 0) is 4.74 Å². The molecule has 1 unspecified atom stereocenters. The molecule has 1 aliphatic rings. The van der Waals surface area contributed by atoms with Gasteiger partial charge in [-0.1, -0.05) is 17.7 Å². The van der Waals surface area contributed by atoms with Crippen LogP contribution in [0.25, 0.3) is 0 Å². The van der Waals surface area contributed by atoms with E-state index in [1.807, 2.05) is 13.0 Å². The third kappa shape index (κ3) is 3.85. The van der Waals surface area contributed by atoms with Gasteiger partial charge in [0.25, 0.3) is 0 Å². The quantitative estimate of drug-likeness (QED) is 0.921. The summed E-state index contributed by atoms with van der Waals surface area (Å²) in [7, 11) is 2.10. The van der Waals surface area contributed by atoms with E-state index < -0.39 is 0 Å². The first-order valence-electron chi connectivity index (χ1n) is 6.92. The third-order valence-electron chi connectivity index (χ3n) is 3.78. The Labute approximate surface area is 120 Å². The summed E-state index contributed by atoms with van der Waals surface area (Å²) in [6.07, 6.45) is 2.28. The van der Waals surface area contributed by atoms with Crippen LogP contribution in [0, 0.1) is 5.92 Å². The Morgan fingerprint density at radius 2 is 2.11 bits per heavy atom. The molecular weight excluding hydrogens is 260 g/mol. The van der Waals surface area contributed by atoms with Crippen LogP contribution in [0.15, 0.2) is 18.2 Å². The van der Waals surface area contributed by atoms with Crippen molar-refractivity contribution >= 4 is 17.3 Å². The monoisotopic (exact) mass is 282 g/mol. The van der Waals surface area contributed by atoms with E-state index >= 15 is 0 Å². The first-order chi connectivity index (χ1) is 9.08. The van der Waals surface area contributed by atoms with Crippen LogP contribution in [0.5, 0.6) is 0 Å². The number of benzene rings is 1. The number of halogens is 1. The van der Waals surface area contributed by atoms with Crippen molar-refractivity contribution in [3.05, 3.63) is 28.8 Å². The van der Waals surface area contributed by atoms with Crippen molar-refractivity contribution in [1.82, 2.24) is 0 Å². The summed E-state index contributed by atoms with van der Waals surface area (Å²) < 4.78 is 5.39. The molecule has 2 rings (SSSR count). The third-order valence-corrected chi connectivity index (χ3v) is 4.08. The predicted octanol–water partition coefficient (Wildman–Crippen LogP) is 3.22. The lowest BCUT2D eigenvalue weighted by Crippen LogP contribution is -2.29. The molecule has 1 fully saturated rings. The molecule has 1 saturated heterocycles. The highest BCUT2D eigenvalue weighted by Crippen LogP contribution is 2.29. The average Bonchev–Trinajstić information content (AvgIpc) is 2.39. The summed E-state index contributed by atoms with van der Waals surface area (Å²) in [5.41, 5.74) is 8.03. The summed E-state index contributed by atoms with van der Waals surface area (Å²) in [5, 5.41) is 0.782. The van der Waals surface area contributed by atoms with Gasteiger partial charge in [-0.2, -0.15) is 0 Å². The van der Waals surface area contributed by atoms with Gasteiger partial charge >= 0.3 is 0 Å². The van der Waals surface area contributed by atoms with Gasteiger partial charge in [0.05, 0.1) is 10.7 Å². The Morgan fingerprint density at radius 1 is 1.42 bits per heavy atom. The van der Waals surface area contributed by atoms with E-state index in [1.165, 1.54) is 0 Å². The zero-order valence-electron chi connectivity index (χ0n) is 11.7. The lowest BCUT2D eigenvalue weighted by atomic mass is 9.99. The summed E-state index contributed by atoms with van der Waals surface area (Å²) in [5.74, 6) is 0.697. The molecule has 1 atom stereocenters. The normalized spacial score (nSPS) is 18.3. The minimum absolute atomic E-state index is 0.0207. The predicted molar refractivity (Wildman–Crippen MR) is 80.9 cm³/mol. The maximum Gasteiger partial charge on any atom is 0.0642 e. The summed E-state index contributed by atoms with van der Waals surface area (Å²) >= 11 is 6.36. The first kappa shape index (κ1) is 14.6. The van der Waals surface area contributed by atoms with Gasteiger partial charge in [-0.3, -0.25) is 0 Å². The Hall–Kier alpha value is -0.770. The van der Waals surface area contributed by atoms with Crippen molar-refractivity contribution in [2.75, 3.05) is 31.7 Å². The van der Waals surface area contributed by atoms with Crippen LogP contribution in [0.2, 0.25) is 5.02 Å². The smallest absolute Gasteiger partial charge is 0.0642 e. The van der Waals surface area contributed by atoms with Crippen molar-refractivity contribution in [1.29, 1.82) is 0 Å². The van der Waals surface area contributed by atoms with Crippen molar-refractivity contribution in [3.8, 4) is 0 Å². The molecule has 0 spiro atoms. The first-order valence-corrected chi connectivity index (χ1v) is 7.29. The minimum atomic E-state index is 0.0207. The van der Waals surface area contributed by atoms with Crippen molar-refractivity contribution in [2.45, 2.75) is 25.8 Å². The standard InChI is InChI=1S/C15H23ClN2O/c1-11(17)13-3-4-15(14(16)9-13)18(2)10-12-5-7-19-8-6-12/h3-4,9,11-12H,5-8,10,17H2,1-2H3. The van der Waals surface area contributed by atoms with Gasteiger partial charge in [0, 0.05) is 32.8 Å². The average molecular weight is 283 g/mol. The number of hydrogen-bond donors (Lipinski definition) is 1. The van der Waals surface area contributed by atoms with Gasteiger partial charge in [0.2, 0.25) is 0 Å². The van der Waals surface area contributed by atoms with Gasteiger partial charge in [-0.25, -0.2) is 0 Å².